The van der Waals surface area contributed by atoms with Crippen molar-refractivity contribution in [3.05, 3.63) is 64.3 Å². The van der Waals surface area contributed by atoms with Crippen LogP contribution < -0.4 is 10.1 Å². The van der Waals surface area contributed by atoms with E-state index in [0.717, 1.165) is 6.08 Å². The average Bonchev–Trinajstić information content (AvgIpc) is 2.64. The molecule has 0 atom stereocenters. The molecule has 6 nitrogen and oxygen atoms in total. The first-order valence-corrected chi connectivity index (χ1v) is 8.06. The molecule has 0 bridgehead atoms. The third-order valence-corrected chi connectivity index (χ3v) is 3.65. The maximum Gasteiger partial charge on any atom is 0.354 e. The van der Waals surface area contributed by atoms with Gasteiger partial charge in [0.05, 0.1) is 25.3 Å². The summed E-state index contributed by atoms with van der Waals surface area (Å²) in [6.45, 7) is 0. The molecule has 0 amide bonds. The van der Waals surface area contributed by atoms with Gasteiger partial charge in [0.2, 0.25) is 0 Å². The van der Waals surface area contributed by atoms with E-state index in [1.807, 2.05) is 0 Å². The van der Waals surface area contributed by atoms with Crippen LogP contribution in [-0.2, 0) is 19.1 Å². The molecule has 1 N–H and O–H groups in total. The Morgan fingerprint density at radius 2 is 1.69 bits per heavy atom. The van der Waals surface area contributed by atoms with Gasteiger partial charge in [0.1, 0.15) is 17.2 Å². The van der Waals surface area contributed by atoms with Gasteiger partial charge in [0.25, 0.3) is 0 Å². The number of methoxy groups -OCH3 is 2. The minimum Gasteiger partial charge on any atom is -0.466 e. The van der Waals surface area contributed by atoms with Gasteiger partial charge in [-0.15, -0.1) is 0 Å². The number of hydrogen-bond donors (Lipinski definition) is 1. The van der Waals surface area contributed by atoms with E-state index in [4.69, 9.17) is 27.9 Å². The number of nitrogens with one attached hydrogen (secondary N) is 1. The van der Waals surface area contributed by atoms with E-state index in [0.29, 0.717) is 27.2 Å². The van der Waals surface area contributed by atoms with Gasteiger partial charge in [-0.1, -0.05) is 23.2 Å². The molecule has 0 saturated heterocycles. The van der Waals surface area contributed by atoms with Crippen LogP contribution in [0.25, 0.3) is 0 Å². The van der Waals surface area contributed by atoms with E-state index < -0.39 is 11.9 Å². The van der Waals surface area contributed by atoms with Gasteiger partial charge in [-0.2, -0.15) is 0 Å². The highest BCUT2D eigenvalue weighted by Gasteiger charge is 2.13. The first-order chi connectivity index (χ1) is 12.4. The van der Waals surface area contributed by atoms with Crippen LogP contribution in [0.1, 0.15) is 0 Å². The Labute approximate surface area is 160 Å². The first kappa shape index (κ1) is 19.6. The van der Waals surface area contributed by atoms with Crippen LogP contribution >= 0.6 is 23.2 Å². The van der Waals surface area contributed by atoms with Gasteiger partial charge in [-0.05, 0) is 42.5 Å². The van der Waals surface area contributed by atoms with Gasteiger partial charge in [-0.3, -0.25) is 0 Å². The minimum absolute atomic E-state index is 0.0613. The molecule has 136 valence electrons. The van der Waals surface area contributed by atoms with Gasteiger partial charge in [-0.25, -0.2) is 9.59 Å². The van der Waals surface area contributed by atoms with Crippen molar-refractivity contribution >= 4 is 40.8 Å². The highest BCUT2D eigenvalue weighted by molar-refractivity contribution is 6.35. The van der Waals surface area contributed by atoms with Gasteiger partial charge < -0.3 is 19.5 Å². The van der Waals surface area contributed by atoms with E-state index >= 15 is 0 Å². The van der Waals surface area contributed by atoms with Crippen molar-refractivity contribution in [1.29, 1.82) is 0 Å². The number of benzene rings is 2. The van der Waals surface area contributed by atoms with Crippen molar-refractivity contribution in [3.8, 4) is 11.5 Å². The Morgan fingerprint density at radius 1 is 1.00 bits per heavy atom. The molecule has 0 unspecified atom stereocenters. The summed E-state index contributed by atoms with van der Waals surface area (Å²) in [6.07, 6.45) is 1.00. The molecule has 2 aromatic rings. The molecule has 0 radical (unpaired) electrons. The van der Waals surface area contributed by atoms with Crippen molar-refractivity contribution in [2.75, 3.05) is 19.5 Å². The summed E-state index contributed by atoms with van der Waals surface area (Å²) >= 11 is 11.9. The Morgan fingerprint density at radius 3 is 2.27 bits per heavy atom. The molecule has 0 aliphatic heterocycles. The predicted molar refractivity (Wildman–Crippen MR) is 98.7 cm³/mol. The summed E-state index contributed by atoms with van der Waals surface area (Å²) < 4.78 is 14.8. The maximum atomic E-state index is 11.7. The topological polar surface area (TPSA) is 73.9 Å². The fourth-order valence-corrected chi connectivity index (χ4v) is 2.33. The Kier molecular flexibility index (Phi) is 6.89. The van der Waals surface area contributed by atoms with Crippen molar-refractivity contribution in [2.45, 2.75) is 0 Å². The summed E-state index contributed by atoms with van der Waals surface area (Å²) in [5, 5.41) is 3.68. The second-order valence-corrected chi connectivity index (χ2v) is 5.74. The van der Waals surface area contributed by atoms with Crippen LogP contribution in [0.5, 0.6) is 11.5 Å². The SMILES string of the molecule is COC(=O)/C=C(/Nc1ccc(Oc2ccc(Cl)cc2Cl)cc1)C(=O)OC. The number of rotatable bonds is 6. The van der Waals surface area contributed by atoms with E-state index in [1.54, 1.807) is 42.5 Å². The summed E-state index contributed by atoms with van der Waals surface area (Å²) in [4.78, 5) is 23.1. The van der Waals surface area contributed by atoms with Crippen LogP contribution in [0.15, 0.2) is 54.2 Å². The lowest BCUT2D eigenvalue weighted by Crippen LogP contribution is -2.15. The fourth-order valence-electron chi connectivity index (χ4n) is 1.88. The molecule has 8 heteroatoms. The van der Waals surface area contributed by atoms with Crippen LogP contribution in [0, 0.1) is 0 Å². The lowest BCUT2D eigenvalue weighted by molar-refractivity contribution is -0.138. The molecule has 0 spiro atoms. The Hall–Kier alpha value is -2.70. The van der Waals surface area contributed by atoms with E-state index in [-0.39, 0.29) is 5.70 Å². The van der Waals surface area contributed by atoms with Crippen molar-refractivity contribution < 1.29 is 23.8 Å². The standard InChI is InChI=1S/C18H15Cl2NO5/c1-24-17(22)10-15(18(23)25-2)21-12-4-6-13(7-5-12)26-16-8-3-11(19)9-14(16)20/h3-10,21H,1-2H3/b15-10+. The van der Waals surface area contributed by atoms with E-state index in [9.17, 15) is 9.59 Å². The monoisotopic (exact) mass is 395 g/mol. The summed E-state index contributed by atoms with van der Waals surface area (Å²) in [5.41, 5.74) is 0.480. The number of anilines is 1. The number of halogens is 2. The maximum absolute atomic E-state index is 11.7. The quantitative estimate of drug-likeness (QED) is 0.575. The van der Waals surface area contributed by atoms with E-state index in [2.05, 4.69) is 14.8 Å². The van der Waals surface area contributed by atoms with Crippen LogP contribution in [-0.4, -0.2) is 26.2 Å². The van der Waals surface area contributed by atoms with Crippen LogP contribution in [0.2, 0.25) is 10.0 Å². The number of hydrogen-bond acceptors (Lipinski definition) is 6. The second-order valence-electron chi connectivity index (χ2n) is 4.90. The summed E-state index contributed by atoms with van der Waals surface area (Å²) in [6, 6.07) is 11.6. The molecular formula is C18H15Cl2NO5. The number of esters is 2. The summed E-state index contributed by atoms with van der Waals surface area (Å²) in [5.74, 6) is -0.409. The minimum atomic E-state index is -0.705. The smallest absolute Gasteiger partial charge is 0.354 e. The molecule has 2 rings (SSSR count). The second kappa shape index (κ2) is 9.12. The molecule has 0 fully saturated rings. The van der Waals surface area contributed by atoms with Crippen molar-refractivity contribution in [1.82, 2.24) is 0 Å². The van der Waals surface area contributed by atoms with Gasteiger partial charge in [0, 0.05) is 10.7 Å². The Bertz CT molecular complexity index is 834. The number of carbonyl (C=O) groups is 2. The lowest BCUT2D eigenvalue weighted by Gasteiger charge is -2.11. The molecule has 26 heavy (non-hydrogen) atoms. The zero-order chi connectivity index (χ0) is 19.1. The fraction of sp³-hybridized carbons (Fsp3) is 0.111. The number of carbonyl (C=O) groups excluding carboxylic acids is 2. The van der Waals surface area contributed by atoms with Crippen LogP contribution in [0.3, 0.4) is 0 Å². The predicted octanol–water partition coefficient (Wildman–Crippen LogP) is 4.43. The van der Waals surface area contributed by atoms with Crippen molar-refractivity contribution in [2.24, 2.45) is 0 Å². The number of ether oxygens (including phenoxy) is 3. The lowest BCUT2D eigenvalue weighted by atomic mass is 10.2. The Balaban J connectivity index is 2.13. The van der Waals surface area contributed by atoms with Crippen LogP contribution in [0.4, 0.5) is 5.69 Å². The highest BCUT2D eigenvalue weighted by Crippen LogP contribution is 2.32. The zero-order valence-corrected chi connectivity index (χ0v) is 15.4. The average molecular weight is 396 g/mol. The largest absolute Gasteiger partial charge is 0.466 e. The van der Waals surface area contributed by atoms with Gasteiger partial charge >= 0.3 is 11.9 Å². The normalized spacial score (nSPS) is 10.8. The third-order valence-electron chi connectivity index (χ3n) is 3.12. The molecule has 2 aromatic carbocycles. The molecule has 0 saturated carbocycles. The molecular weight excluding hydrogens is 381 g/mol. The van der Waals surface area contributed by atoms with Gasteiger partial charge in [0.15, 0.2) is 0 Å². The first-order valence-electron chi connectivity index (χ1n) is 7.31. The third kappa shape index (κ3) is 5.40. The molecule has 0 aromatic heterocycles. The molecule has 0 heterocycles. The molecule has 0 aliphatic rings. The summed E-state index contributed by atoms with van der Waals surface area (Å²) in [7, 11) is 2.42. The van der Waals surface area contributed by atoms with E-state index in [1.165, 1.54) is 14.2 Å². The highest BCUT2D eigenvalue weighted by atomic mass is 35.5. The van der Waals surface area contributed by atoms with Crippen molar-refractivity contribution in [3.63, 3.8) is 0 Å². The molecule has 0 aliphatic carbocycles. The zero-order valence-electron chi connectivity index (χ0n) is 13.9.